The molecule has 2 amide bonds. The Bertz CT molecular complexity index is 270. The first-order valence-electron chi connectivity index (χ1n) is 5.31. The van der Waals surface area contributed by atoms with Crippen LogP contribution >= 0.6 is 0 Å². The molecule has 0 unspecified atom stereocenters. The highest BCUT2D eigenvalue weighted by Gasteiger charge is 2.35. The number of rotatable bonds is 4. The van der Waals surface area contributed by atoms with Gasteiger partial charge in [0.05, 0.1) is 6.61 Å². The molecule has 1 rings (SSSR count). The molecule has 1 heterocycles. The van der Waals surface area contributed by atoms with E-state index < -0.39 is 12.0 Å². The van der Waals surface area contributed by atoms with Gasteiger partial charge in [-0.1, -0.05) is 0 Å². The third-order valence-corrected chi connectivity index (χ3v) is 2.74. The van der Waals surface area contributed by atoms with E-state index in [1.165, 1.54) is 9.80 Å². The molecule has 1 aliphatic rings. The molecule has 92 valence electrons. The lowest BCUT2D eigenvalue weighted by Crippen LogP contribution is -2.47. The lowest BCUT2D eigenvalue weighted by Gasteiger charge is -2.27. The second-order valence-electron chi connectivity index (χ2n) is 3.89. The van der Waals surface area contributed by atoms with Crippen LogP contribution in [-0.2, 0) is 9.53 Å². The molecule has 0 aromatic heterocycles. The van der Waals surface area contributed by atoms with Crippen LogP contribution in [0.15, 0.2) is 0 Å². The summed E-state index contributed by atoms with van der Waals surface area (Å²) in [6.45, 7) is 1.44. The zero-order chi connectivity index (χ0) is 12.1. The highest BCUT2D eigenvalue weighted by atomic mass is 16.5. The van der Waals surface area contributed by atoms with Gasteiger partial charge in [-0.05, 0) is 12.8 Å². The van der Waals surface area contributed by atoms with Gasteiger partial charge < -0.3 is 19.6 Å². The first-order valence-corrected chi connectivity index (χ1v) is 5.31. The number of carbonyl (C=O) groups excluding carboxylic acids is 1. The molecule has 0 aromatic carbocycles. The Balaban J connectivity index is 2.55. The molecule has 0 aromatic rings. The minimum absolute atomic E-state index is 0.234. The van der Waals surface area contributed by atoms with Crippen LogP contribution in [0.1, 0.15) is 12.8 Å². The van der Waals surface area contributed by atoms with Gasteiger partial charge in [0.1, 0.15) is 6.04 Å². The molecule has 0 spiro atoms. The summed E-state index contributed by atoms with van der Waals surface area (Å²) in [4.78, 5) is 25.7. The monoisotopic (exact) mass is 230 g/mol. The molecular formula is C10H18N2O4. The van der Waals surface area contributed by atoms with Crippen LogP contribution < -0.4 is 0 Å². The molecule has 1 atom stereocenters. The van der Waals surface area contributed by atoms with Gasteiger partial charge in [0.25, 0.3) is 0 Å². The first kappa shape index (κ1) is 12.8. The second-order valence-corrected chi connectivity index (χ2v) is 3.89. The number of ether oxygens (including phenoxy) is 1. The van der Waals surface area contributed by atoms with Crippen molar-refractivity contribution in [2.24, 2.45) is 0 Å². The highest BCUT2D eigenvalue weighted by Crippen LogP contribution is 2.18. The Labute approximate surface area is 94.8 Å². The van der Waals surface area contributed by atoms with Crippen LogP contribution in [-0.4, -0.2) is 66.8 Å². The van der Waals surface area contributed by atoms with Gasteiger partial charge in [-0.2, -0.15) is 0 Å². The number of hydrogen-bond donors (Lipinski definition) is 1. The van der Waals surface area contributed by atoms with Gasteiger partial charge in [-0.25, -0.2) is 9.59 Å². The number of urea groups is 1. The zero-order valence-corrected chi connectivity index (χ0v) is 9.68. The molecule has 1 fully saturated rings. The first-order chi connectivity index (χ1) is 7.57. The second kappa shape index (κ2) is 5.69. The summed E-state index contributed by atoms with van der Waals surface area (Å²) < 4.78 is 4.87. The Morgan fingerprint density at radius 1 is 1.56 bits per heavy atom. The maximum atomic E-state index is 11.9. The number of carbonyl (C=O) groups is 2. The summed E-state index contributed by atoms with van der Waals surface area (Å²) in [6.07, 6.45) is 1.29. The largest absolute Gasteiger partial charge is 0.480 e. The van der Waals surface area contributed by atoms with E-state index in [4.69, 9.17) is 9.84 Å². The van der Waals surface area contributed by atoms with E-state index in [2.05, 4.69) is 0 Å². The van der Waals surface area contributed by atoms with Crippen molar-refractivity contribution in [1.82, 2.24) is 9.80 Å². The number of carboxylic acid groups (broad SMARTS) is 1. The number of hydrogen-bond acceptors (Lipinski definition) is 3. The molecule has 1 aliphatic heterocycles. The van der Waals surface area contributed by atoms with Crippen LogP contribution in [0.25, 0.3) is 0 Å². The number of methoxy groups -OCH3 is 1. The van der Waals surface area contributed by atoms with Crippen molar-refractivity contribution in [3.05, 3.63) is 0 Å². The predicted molar refractivity (Wildman–Crippen MR) is 57.3 cm³/mol. The quantitative estimate of drug-likeness (QED) is 0.750. The molecule has 1 N–H and O–H groups in total. The number of nitrogens with zero attached hydrogens (tertiary/aromatic N) is 2. The van der Waals surface area contributed by atoms with Gasteiger partial charge in [0.2, 0.25) is 0 Å². The topological polar surface area (TPSA) is 70.1 Å². The van der Waals surface area contributed by atoms with Crippen LogP contribution in [0, 0.1) is 0 Å². The SMILES string of the molecule is COCCN(C)C(=O)N1CCC[C@H]1C(=O)O. The van der Waals surface area contributed by atoms with Gasteiger partial charge in [0, 0.05) is 27.2 Å². The average molecular weight is 230 g/mol. The average Bonchev–Trinajstić information content (AvgIpc) is 2.73. The van der Waals surface area contributed by atoms with Gasteiger partial charge >= 0.3 is 12.0 Å². The van der Waals surface area contributed by atoms with Crippen molar-refractivity contribution in [2.45, 2.75) is 18.9 Å². The van der Waals surface area contributed by atoms with Crippen molar-refractivity contribution < 1.29 is 19.4 Å². The van der Waals surface area contributed by atoms with E-state index in [-0.39, 0.29) is 6.03 Å². The number of carboxylic acids is 1. The minimum atomic E-state index is -0.925. The Hall–Kier alpha value is -1.30. The zero-order valence-electron chi connectivity index (χ0n) is 9.68. The summed E-state index contributed by atoms with van der Waals surface area (Å²) in [5.41, 5.74) is 0. The molecule has 0 saturated carbocycles. The van der Waals surface area contributed by atoms with Crippen LogP contribution in [0.2, 0.25) is 0 Å². The van der Waals surface area contributed by atoms with Gasteiger partial charge in [0.15, 0.2) is 0 Å². The molecule has 1 saturated heterocycles. The molecule has 6 nitrogen and oxygen atoms in total. The van der Waals surface area contributed by atoms with Crippen LogP contribution in [0.5, 0.6) is 0 Å². The molecular weight excluding hydrogens is 212 g/mol. The lowest BCUT2D eigenvalue weighted by molar-refractivity contribution is -0.141. The van der Waals surface area contributed by atoms with Crippen molar-refractivity contribution in [2.75, 3.05) is 33.9 Å². The van der Waals surface area contributed by atoms with Crippen molar-refractivity contribution in [3.63, 3.8) is 0 Å². The third kappa shape index (κ3) is 2.85. The fourth-order valence-electron chi connectivity index (χ4n) is 1.80. The van der Waals surface area contributed by atoms with Crippen molar-refractivity contribution >= 4 is 12.0 Å². The summed E-state index contributed by atoms with van der Waals surface area (Å²) in [7, 11) is 3.22. The van der Waals surface area contributed by atoms with E-state index in [0.717, 1.165) is 6.42 Å². The van der Waals surface area contributed by atoms with Crippen LogP contribution in [0.4, 0.5) is 4.79 Å². The number of amides is 2. The predicted octanol–water partition coefficient (Wildman–Crippen LogP) is 0.234. The number of aliphatic carboxylic acids is 1. The van der Waals surface area contributed by atoms with Gasteiger partial charge in [-0.15, -0.1) is 0 Å². The molecule has 0 bridgehead atoms. The summed E-state index contributed by atoms with van der Waals surface area (Å²) >= 11 is 0. The summed E-state index contributed by atoms with van der Waals surface area (Å²) in [5, 5.41) is 8.95. The minimum Gasteiger partial charge on any atom is -0.480 e. The normalized spacial score (nSPS) is 19.9. The van der Waals surface area contributed by atoms with Crippen molar-refractivity contribution in [1.29, 1.82) is 0 Å². The highest BCUT2D eigenvalue weighted by molar-refractivity contribution is 5.83. The summed E-state index contributed by atoms with van der Waals surface area (Å²) in [6, 6.07) is -0.903. The fraction of sp³-hybridized carbons (Fsp3) is 0.800. The van der Waals surface area contributed by atoms with E-state index in [1.54, 1.807) is 14.2 Å². The molecule has 0 aliphatic carbocycles. The fourth-order valence-corrected chi connectivity index (χ4v) is 1.80. The molecule has 6 heteroatoms. The van der Waals surface area contributed by atoms with E-state index in [9.17, 15) is 9.59 Å². The maximum Gasteiger partial charge on any atom is 0.326 e. The Morgan fingerprint density at radius 3 is 2.81 bits per heavy atom. The Kier molecular flexibility index (Phi) is 4.54. The van der Waals surface area contributed by atoms with Crippen molar-refractivity contribution in [3.8, 4) is 0 Å². The van der Waals surface area contributed by atoms with E-state index >= 15 is 0 Å². The van der Waals surface area contributed by atoms with Crippen LogP contribution in [0.3, 0.4) is 0 Å². The lowest BCUT2D eigenvalue weighted by atomic mass is 10.2. The standard InChI is InChI=1S/C10H18N2O4/c1-11(6-7-16-2)10(15)12-5-3-4-8(12)9(13)14/h8H,3-7H2,1-2H3,(H,13,14)/t8-/m0/s1. The molecule has 0 radical (unpaired) electrons. The number of likely N-dealkylation sites (N-methyl/N-ethyl adjacent to an activating group) is 1. The molecule has 16 heavy (non-hydrogen) atoms. The summed E-state index contributed by atoms with van der Waals surface area (Å²) in [5.74, 6) is -0.925. The van der Waals surface area contributed by atoms with Gasteiger partial charge in [-0.3, -0.25) is 0 Å². The third-order valence-electron chi connectivity index (χ3n) is 2.74. The maximum absolute atomic E-state index is 11.9. The van der Waals surface area contributed by atoms with E-state index in [0.29, 0.717) is 26.1 Å². The van der Waals surface area contributed by atoms with E-state index in [1.807, 2.05) is 0 Å². The Morgan fingerprint density at radius 2 is 2.25 bits per heavy atom. The smallest absolute Gasteiger partial charge is 0.326 e. The number of likely N-dealkylation sites (tertiary alicyclic amines) is 1.